The van der Waals surface area contributed by atoms with E-state index in [9.17, 15) is 14.7 Å². The monoisotopic (exact) mass is 265 g/mol. The van der Waals surface area contributed by atoms with Crippen molar-refractivity contribution in [1.29, 1.82) is 0 Å². The minimum Gasteiger partial charge on any atom is -0.481 e. The van der Waals surface area contributed by atoms with Crippen molar-refractivity contribution >= 4 is 11.9 Å². The number of carbonyl (C=O) groups is 2. The van der Waals surface area contributed by atoms with Gasteiger partial charge >= 0.3 is 5.97 Å². The van der Waals surface area contributed by atoms with E-state index < -0.39 is 17.9 Å². The quantitative estimate of drug-likeness (QED) is 0.887. The summed E-state index contributed by atoms with van der Waals surface area (Å²) in [5.41, 5.74) is 0. The van der Waals surface area contributed by atoms with Crippen molar-refractivity contribution in [2.75, 3.05) is 6.54 Å². The Bertz CT molecular complexity index is 440. The van der Waals surface area contributed by atoms with Crippen molar-refractivity contribution in [3.05, 3.63) is 24.2 Å². The van der Waals surface area contributed by atoms with Gasteiger partial charge in [-0.15, -0.1) is 0 Å². The molecule has 104 valence electrons. The first-order chi connectivity index (χ1) is 9.15. The molecule has 2 rings (SSSR count). The number of amides is 1. The molecular formula is C14H19NO4. The number of likely N-dealkylation sites (tertiary alicyclic amines) is 1. The van der Waals surface area contributed by atoms with Crippen LogP contribution in [0.1, 0.15) is 44.4 Å². The van der Waals surface area contributed by atoms with E-state index in [-0.39, 0.29) is 5.91 Å². The van der Waals surface area contributed by atoms with Crippen LogP contribution in [0.25, 0.3) is 0 Å². The van der Waals surface area contributed by atoms with Crippen LogP contribution in [0.2, 0.25) is 0 Å². The van der Waals surface area contributed by atoms with Crippen molar-refractivity contribution in [2.45, 2.75) is 38.6 Å². The smallest absolute Gasteiger partial charge is 0.309 e. The number of carboxylic acid groups (broad SMARTS) is 1. The number of piperidine rings is 1. The lowest BCUT2D eigenvalue weighted by atomic mass is 9.87. The van der Waals surface area contributed by atoms with E-state index in [1.807, 2.05) is 6.92 Å². The van der Waals surface area contributed by atoms with Crippen LogP contribution >= 0.6 is 0 Å². The van der Waals surface area contributed by atoms with Crippen LogP contribution in [0.3, 0.4) is 0 Å². The molecule has 0 bridgehead atoms. The Balaban J connectivity index is 2.29. The van der Waals surface area contributed by atoms with Crippen LogP contribution in [0, 0.1) is 5.92 Å². The van der Waals surface area contributed by atoms with Crippen molar-refractivity contribution in [1.82, 2.24) is 4.90 Å². The maximum Gasteiger partial charge on any atom is 0.309 e. The van der Waals surface area contributed by atoms with Gasteiger partial charge in [-0.1, -0.05) is 13.3 Å². The van der Waals surface area contributed by atoms with Gasteiger partial charge < -0.3 is 14.4 Å². The average molecular weight is 265 g/mol. The molecule has 0 radical (unpaired) electrons. The van der Waals surface area contributed by atoms with Crippen LogP contribution in [-0.2, 0) is 9.59 Å². The van der Waals surface area contributed by atoms with E-state index in [2.05, 4.69) is 0 Å². The second-order valence-corrected chi connectivity index (χ2v) is 4.88. The van der Waals surface area contributed by atoms with Crippen LogP contribution in [-0.4, -0.2) is 28.4 Å². The second-order valence-electron chi connectivity index (χ2n) is 4.88. The lowest BCUT2D eigenvalue weighted by Crippen LogP contribution is -2.45. The summed E-state index contributed by atoms with van der Waals surface area (Å²) in [6.45, 7) is 2.63. The molecule has 19 heavy (non-hydrogen) atoms. The molecule has 0 aliphatic carbocycles. The van der Waals surface area contributed by atoms with E-state index in [0.29, 0.717) is 25.1 Å². The topological polar surface area (TPSA) is 70.8 Å². The number of hydrogen-bond donors (Lipinski definition) is 1. The van der Waals surface area contributed by atoms with Gasteiger partial charge in [0.05, 0.1) is 12.2 Å². The molecule has 1 aliphatic heterocycles. The highest BCUT2D eigenvalue weighted by atomic mass is 16.4. The van der Waals surface area contributed by atoms with Gasteiger partial charge in [0.2, 0.25) is 5.91 Å². The molecule has 1 aromatic heterocycles. The summed E-state index contributed by atoms with van der Waals surface area (Å²) in [6.07, 6.45) is 4.03. The third kappa shape index (κ3) is 2.80. The Morgan fingerprint density at radius 3 is 2.95 bits per heavy atom. The molecule has 1 aliphatic rings. The molecule has 2 heterocycles. The molecule has 1 saturated heterocycles. The third-order valence-electron chi connectivity index (χ3n) is 3.61. The summed E-state index contributed by atoms with van der Waals surface area (Å²) in [5, 5.41) is 9.36. The van der Waals surface area contributed by atoms with Gasteiger partial charge in [0.1, 0.15) is 11.8 Å². The highest BCUT2D eigenvalue weighted by molar-refractivity contribution is 5.81. The first-order valence-corrected chi connectivity index (χ1v) is 6.70. The van der Waals surface area contributed by atoms with Crippen LogP contribution < -0.4 is 0 Å². The van der Waals surface area contributed by atoms with Crippen molar-refractivity contribution in [3.63, 3.8) is 0 Å². The van der Waals surface area contributed by atoms with E-state index in [1.165, 1.54) is 6.26 Å². The summed E-state index contributed by atoms with van der Waals surface area (Å²) < 4.78 is 5.35. The Kier molecular flexibility index (Phi) is 4.24. The number of rotatable bonds is 5. The van der Waals surface area contributed by atoms with E-state index in [1.54, 1.807) is 17.0 Å². The molecule has 2 atom stereocenters. The molecule has 0 saturated carbocycles. The lowest BCUT2D eigenvalue weighted by molar-refractivity contribution is -0.152. The summed E-state index contributed by atoms with van der Waals surface area (Å²) in [6, 6.07) is 3.00. The third-order valence-corrected chi connectivity index (χ3v) is 3.61. The molecule has 1 amide bonds. The van der Waals surface area contributed by atoms with Gasteiger partial charge in [-0.2, -0.15) is 0 Å². The molecule has 5 nitrogen and oxygen atoms in total. The highest BCUT2D eigenvalue weighted by Crippen LogP contribution is 2.37. The number of carboxylic acids is 1. The first kappa shape index (κ1) is 13.6. The van der Waals surface area contributed by atoms with Gasteiger partial charge in [-0.05, 0) is 25.0 Å². The lowest BCUT2D eigenvalue weighted by Gasteiger charge is -2.38. The van der Waals surface area contributed by atoms with Crippen LogP contribution in [0.4, 0.5) is 0 Å². The normalized spacial score (nSPS) is 23.6. The van der Waals surface area contributed by atoms with E-state index in [4.69, 9.17) is 4.42 Å². The molecule has 1 fully saturated rings. The largest absolute Gasteiger partial charge is 0.481 e. The summed E-state index contributed by atoms with van der Waals surface area (Å²) >= 11 is 0. The fraction of sp³-hybridized carbons (Fsp3) is 0.571. The molecule has 0 unspecified atom stereocenters. The minimum atomic E-state index is -0.865. The van der Waals surface area contributed by atoms with Crippen molar-refractivity contribution in [2.24, 2.45) is 5.92 Å². The minimum absolute atomic E-state index is 0.0207. The van der Waals surface area contributed by atoms with Gasteiger partial charge in [0, 0.05) is 13.0 Å². The zero-order valence-electron chi connectivity index (χ0n) is 11.0. The fourth-order valence-corrected chi connectivity index (χ4v) is 2.62. The predicted octanol–water partition coefficient (Wildman–Crippen LogP) is 2.44. The number of nitrogens with zero attached hydrogens (tertiary/aromatic N) is 1. The number of carbonyl (C=O) groups excluding carboxylic acids is 1. The highest BCUT2D eigenvalue weighted by Gasteiger charge is 2.41. The fourth-order valence-electron chi connectivity index (χ4n) is 2.62. The first-order valence-electron chi connectivity index (χ1n) is 6.70. The zero-order chi connectivity index (χ0) is 13.8. The SMILES string of the molecule is CCCCN1C(=O)CC[C@H](C(=O)O)[C@@H]1c1ccco1. The summed E-state index contributed by atoms with van der Waals surface area (Å²) in [4.78, 5) is 25.1. The number of aliphatic carboxylic acids is 1. The van der Waals surface area contributed by atoms with Crippen LogP contribution in [0.5, 0.6) is 0 Å². The molecule has 0 spiro atoms. The van der Waals surface area contributed by atoms with E-state index >= 15 is 0 Å². The molecule has 1 N–H and O–H groups in total. The molecular weight excluding hydrogens is 246 g/mol. The van der Waals surface area contributed by atoms with Crippen LogP contribution in [0.15, 0.2) is 22.8 Å². The van der Waals surface area contributed by atoms with Gasteiger partial charge in [0.15, 0.2) is 0 Å². The number of furan rings is 1. The Labute approximate surface area is 112 Å². The van der Waals surface area contributed by atoms with E-state index in [0.717, 1.165) is 12.8 Å². The van der Waals surface area contributed by atoms with Crippen molar-refractivity contribution < 1.29 is 19.1 Å². The Morgan fingerprint density at radius 1 is 1.58 bits per heavy atom. The summed E-state index contributed by atoms with van der Waals surface area (Å²) in [5.74, 6) is -0.861. The molecule has 5 heteroatoms. The molecule has 0 aromatic carbocycles. The number of unbranched alkanes of at least 4 members (excludes halogenated alkanes) is 1. The Morgan fingerprint density at radius 2 is 2.37 bits per heavy atom. The average Bonchev–Trinajstić information content (AvgIpc) is 2.90. The standard InChI is InChI=1S/C14H19NO4/c1-2-3-8-15-12(16)7-6-10(14(17)18)13(15)11-5-4-9-19-11/h4-5,9-10,13H,2-3,6-8H2,1H3,(H,17,18)/t10-,13+/m0/s1. The maximum atomic E-state index is 12.1. The maximum absolute atomic E-state index is 12.1. The molecule has 1 aromatic rings. The van der Waals surface area contributed by atoms with Gasteiger partial charge in [-0.3, -0.25) is 9.59 Å². The zero-order valence-corrected chi connectivity index (χ0v) is 11.0. The Hall–Kier alpha value is -1.78. The van der Waals surface area contributed by atoms with Crippen molar-refractivity contribution in [3.8, 4) is 0 Å². The predicted molar refractivity (Wildman–Crippen MR) is 68.4 cm³/mol. The second kappa shape index (κ2) is 5.91. The number of hydrogen-bond acceptors (Lipinski definition) is 3. The summed E-state index contributed by atoms with van der Waals surface area (Å²) in [7, 11) is 0. The van der Waals surface area contributed by atoms with Gasteiger partial charge in [0.25, 0.3) is 0 Å². The van der Waals surface area contributed by atoms with Gasteiger partial charge in [-0.25, -0.2) is 0 Å².